The molecule has 0 spiro atoms. The molecular formula is C28H40BrN3O3. The number of fused-ring (bicyclic) bond motifs is 1. The summed E-state index contributed by atoms with van der Waals surface area (Å²) in [6.07, 6.45) is 11.4. The molecular weight excluding hydrogens is 506 g/mol. The summed E-state index contributed by atoms with van der Waals surface area (Å²) in [7, 11) is 0. The molecule has 0 aliphatic heterocycles. The average molecular weight is 547 g/mol. The number of amides is 2. The van der Waals surface area contributed by atoms with E-state index in [9.17, 15) is 9.59 Å². The summed E-state index contributed by atoms with van der Waals surface area (Å²) in [6.45, 7) is 7.26. The van der Waals surface area contributed by atoms with Gasteiger partial charge in [-0.05, 0) is 68.2 Å². The molecule has 2 fully saturated rings. The summed E-state index contributed by atoms with van der Waals surface area (Å²) >= 11 is 3.61. The summed E-state index contributed by atoms with van der Waals surface area (Å²) in [4.78, 5) is 24.7. The van der Waals surface area contributed by atoms with Crippen molar-refractivity contribution in [1.29, 1.82) is 0 Å². The lowest BCUT2D eigenvalue weighted by molar-refractivity contribution is -0.123. The van der Waals surface area contributed by atoms with Crippen LogP contribution in [-0.2, 0) is 22.5 Å². The predicted molar refractivity (Wildman–Crippen MR) is 143 cm³/mol. The van der Waals surface area contributed by atoms with Gasteiger partial charge in [0.15, 0.2) is 0 Å². The zero-order valence-corrected chi connectivity index (χ0v) is 23.0. The molecule has 0 radical (unpaired) electrons. The van der Waals surface area contributed by atoms with Crippen LogP contribution in [0.5, 0.6) is 0 Å². The topological polar surface area (TPSA) is 86.3 Å². The van der Waals surface area contributed by atoms with Gasteiger partial charge in [0.05, 0.1) is 6.42 Å². The second-order valence-electron chi connectivity index (χ2n) is 11.7. The van der Waals surface area contributed by atoms with Gasteiger partial charge < -0.3 is 20.4 Å². The number of nitrogens with two attached hydrogens (primary N) is 1. The third-order valence-corrected chi connectivity index (χ3v) is 8.77. The second kappa shape index (κ2) is 10.5. The average Bonchev–Trinajstić information content (AvgIpc) is 3.10. The zero-order chi connectivity index (χ0) is 25.2. The molecule has 2 aliphatic rings. The third-order valence-electron chi connectivity index (χ3n) is 8.28. The van der Waals surface area contributed by atoms with Gasteiger partial charge in [0, 0.05) is 39.6 Å². The van der Waals surface area contributed by atoms with Gasteiger partial charge in [-0.1, -0.05) is 56.0 Å². The highest BCUT2D eigenvalue weighted by Crippen LogP contribution is 2.45. The SMILES string of the molecule is CC(C)(C)C1(OC(N)=O)CCC(NC(=O)Cc2cn(CC3CCCCC3)c3ccc(Br)cc23)CC1. The number of rotatable bonds is 6. The molecule has 2 saturated carbocycles. The van der Waals surface area contributed by atoms with E-state index in [1.807, 2.05) is 0 Å². The van der Waals surface area contributed by atoms with Crippen LogP contribution >= 0.6 is 15.9 Å². The highest BCUT2D eigenvalue weighted by Gasteiger charge is 2.47. The van der Waals surface area contributed by atoms with Crippen molar-refractivity contribution in [3.63, 3.8) is 0 Å². The number of hydrogen-bond acceptors (Lipinski definition) is 3. The van der Waals surface area contributed by atoms with E-state index >= 15 is 0 Å². The number of aromatic nitrogens is 1. The number of carbonyl (C=O) groups is 2. The monoisotopic (exact) mass is 545 g/mol. The Bertz CT molecular complexity index is 1060. The highest BCUT2D eigenvalue weighted by molar-refractivity contribution is 9.10. The van der Waals surface area contributed by atoms with Crippen molar-refractivity contribution < 1.29 is 14.3 Å². The van der Waals surface area contributed by atoms with Crippen LogP contribution in [-0.4, -0.2) is 28.2 Å². The molecule has 2 amide bonds. The molecule has 4 rings (SSSR count). The minimum atomic E-state index is -0.724. The van der Waals surface area contributed by atoms with Crippen LogP contribution in [0.15, 0.2) is 28.9 Å². The van der Waals surface area contributed by atoms with Crippen LogP contribution in [0, 0.1) is 11.3 Å². The van der Waals surface area contributed by atoms with E-state index in [2.05, 4.69) is 71.0 Å². The minimum Gasteiger partial charge on any atom is -0.443 e. The van der Waals surface area contributed by atoms with Gasteiger partial charge in [-0.25, -0.2) is 4.79 Å². The van der Waals surface area contributed by atoms with E-state index in [0.29, 0.717) is 19.3 Å². The molecule has 3 N–H and O–H groups in total. The maximum absolute atomic E-state index is 13.1. The summed E-state index contributed by atoms with van der Waals surface area (Å²) in [5.41, 5.74) is 6.87. The number of benzene rings is 1. The Morgan fingerprint density at radius 1 is 1.14 bits per heavy atom. The fraction of sp³-hybridized carbons (Fsp3) is 0.643. The molecule has 1 heterocycles. The summed E-state index contributed by atoms with van der Waals surface area (Å²) in [5.74, 6) is 0.767. The van der Waals surface area contributed by atoms with Crippen molar-refractivity contribution in [1.82, 2.24) is 9.88 Å². The fourth-order valence-electron chi connectivity index (χ4n) is 6.16. The van der Waals surface area contributed by atoms with Crippen molar-refractivity contribution in [2.45, 2.75) is 103 Å². The minimum absolute atomic E-state index is 0.0470. The molecule has 0 bridgehead atoms. The number of nitrogens with zero attached hydrogens (tertiary/aromatic N) is 1. The molecule has 0 saturated heterocycles. The van der Waals surface area contributed by atoms with Crippen LogP contribution < -0.4 is 11.1 Å². The van der Waals surface area contributed by atoms with E-state index in [4.69, 9.17) is 10.5 Å². The maximum Gasteiger partial charge on any atom is 0.405 e. The van der Waals surface area contributed by atoms with Crippen LogP contribution in [0.1, 0.15) is 84.1 Å². The molecule has 1 aromatic heterocycles. The number of hydrogen-bond donors (Lipinski definition) is 2. The number of nitrogens with one attached hydrogen (secondary N) is 1. The van der Waals surface area contributed by atoms with Gasteiger partial charge in [0.25, 0.3) is 0 Å². The predicted octanol–water partition coefficient (Wildman–Crippen LogP) is 6.47. The van der Waals surface area contributed by atoms with E-state index < -0.39 is 11.7 Å². The Kier molecular flexibility index (Phi) is 7.84. The second-order valence-corrected chi connectivity index (χ2v) is 12.6. The first kappa shape index (κ1) is 26.1. The van der Waals surface area contributed by atoms with E-state index in [-0.39, 0.29) is 17.4 Å². The lowest BCUT2D eigenvalue weighted by atomic mass is 9.67. The smallest absolute Gasteiger partial charge is 0.405 e. The first-order chi connectivity index (χ1) is 16.6. The summed E-state index contributed by atoms with van der Waals surface area (Å²) < 4.78 is 9.03. The molecule has 0 atom stereocenters. The third kappa shape index (κ3) is 6.04. The Morgan fingerprint density at radius 3 is 2.46 bits per heavy atom. The zero-order valence-electron chi connectivity index (χ0n) is 21.4. The van der Waals surface area contributed by atoms with Crippen LogP contribution in [0.2, 0.25) is 0 Å². The Labute approximate surface area is 217 Å². The number of halogens is 1. The van der Waals surface area contributed by atoms with Crippen molar-refractivity contribution in [3.8, 4) is 0 Å². The standard InChI is InChI=1S/C28H40BrN3O3/c1-27(2,3)28(35-26(30)34)13-11-22(12-14-28)31-25(33)15-20-18-32(17-19-7-5-4-6-8-19)24-10-9-21(29)16-23(20)24/h9-10,16,18-19,22H,4-8,11-15,17H2,1-3H3,(H2,30,34)(H,31,33). The molecule has 35 heavy (non-hydrogen) atoms. The van der Waals surface area contributed by atoms with Crippen LogP contribution in [0.25, 0.3) is 10.9 Å². The maximum atomic E-state index is 13.1. The van der Waals surface area contributed by atoms with Crippen molar-refractivity contribution >= 4 is 38.8 Å². The van der Waals surface area contributed by atoms with Crippen LogP contribution in [0.4, 0.5) is 4.79 Å². The van der Waals surface area contributed by atoms with Crippen molar-refractivity contribution in [2.24, 2.45) is 17.1 Å². The first-order valence-electron chi connectivity index (χ1n) is 13.1. The molecule has 0 unspecified atom stereocenters. The molecule has 192 valence electrons. The Hall–Kier alpha value is -2.02. The summed E-state index contributed by atoms with van der Waals surface area (Å²) in [5, 5.41) is 4.40. The molecule has 6 nitrogen and oxygen atoms in total. The van der Waals surface area contributed by atoms with E-state index in [0.717, 1.165) is 40.7 Å². The molecule has 2 aliphatic carbocycles. The Morgan fingerprint density at radius 2 is 1.83 bits per heavy atom. The van der Waals surface area contributed by atoms with Crippen LogP contribution in [0.3, 0.4) is 0 Å². The molecule has 7 heteroatoms. The van der Waals surface area contributed by atoms with Crippen molar-refractivity contribution in [3.05, 3.63) is 34.4 Å². The number of ether oxygens (including phenoxy) is 1. The highest BCUT2D eigenvalue weighted by atomic mass is 79.9. The summed E-state index contributed by atoms with van der Waals surface area (Å²) in [6, 6.07) is 6.46. The van der Waals surface area contributed by atoms with Gasteiger partial charge in [-0.3, -0.25) is 4.79 Å². The first-order valence-corrected chi connectivity index (χ1v) is 13.9. The van der Waals surface area contributed by atoms with Gasteiger partial charge >= 0.3 is 6.09 Å². The molecule has 1 aromatic carbocycles. The van der Waals surface area contributed by atoms with Gasteiger partial charge in [-0.2, -0.15) is 0 Å². The van der Waals surface area contributed by atoms with E-state index in [1.54, 1.807) is 0 Å². The Balaban J connectivity index is 1.43. The largest absolute Gasteiger partial charge is 0.443 e. The molecule has 2 aromatic rings. The lowest BCUT2D eigenvalue weighted by Crippen LogP contribution is -2.53. The van der Waals surface area contributed by atoms with E-state index in [1.165, 1.54) is 37.6 Å². The number of carbonyl (C=O) groups excluding carboxylic acids is 2. The van der Waals surface area contributed by atoms with Crippen molar-refractivity contribution in [2.75, 3.05) is 0 Å². The quantitative estimate of drug-likeness (QED) is 0.436. The van der Waals surface area contributed by atoms with Gasteiger partial charge in [0.1, 0.15) is 5.60 Å². The fourth-order valence-corrected chi connectivity index (χ4v) is 6.52. The lowest BCUT2D eigenvalue weighted by Gasteiger charge is -2.47. The van der Waals surface area contributed by atoms with Gasteiger partial charge in [0.2, 0.25) is 5.91 Å². The normalized spacial score (nSPS) is 23.8. The van der Waals surface area contributed by atoms with Gasteiger partial charge in [-0.15, -0.1) is 0 Å². The number of primary amides is 1.